The normalized spacial score (nSPS) is 12.7. The van der Waals surface area contributed by atoms with Crippen molar-refractivity contribution < 1.29 is 28.5 Å². The number of halogens is 2. The molecule has 3 aromatic rings. The van der Waals surface area contributed by atoms with Gasteiger partial charge in [-0.05, 0) is 0 Å². The summed E-state index contributed by atoms with van der Waals surface area (Å²) in [6.45, 7) is 3.54. The number of methoxy groups -OCH3 is 1. The molecule has 0 amide bonds. The molecule has 0 fully saturated rings. The number of aliphatic hydroxyl groups is 1. The van der Waals surface area contributed by atoms with Crippen molar-refractivity contribution in [3.63, 3.8) is 0 Å². The summed E-state index contributed by atoms with van der Waals surface area (Å²) in [7, 11) is 1.48. The van der Waals surface area contributed by atoms with E-state index in [0.29, 0.717) is 26.4 Å². The molecule has 0 aliphatic carbocycles. The third-order valence-electron chi connectivity index (χ3n) is 5.38. The maximum absolute atomic E-state index is 14.1. The van der Waals surface area contributed by atoms with E-state index in [9.17, 15) is 28.6 Å². The van der Waals surface area contributed by atoms with E-state index >= 15 is 0 Å². The molecule has 3 rings (SSSR count). The van der Waals surface area contributed by atoms with Gasteiger partial charge in [-0.1, -0.05) is 0 Å². The van der Waals surface area contributed by atoms with Crippen LogP contribution in [0.3, 0.4) is 0 Å². The van der Waals surface area contributed by atoms with Crippen LogP contribution in [0.1, 0.15) is 35.8 Å². The van der Waals surface area contributed by atoms with Gasteiger partial charge in [0, 0.05) is 0 Å². The van der Waals surface area contributed by atoms with E-state index in [-0.39, 0.29) is 17.9 Å². The first-order valence-electron chi connectivity index (χ1n) is 9.96. The van der Waals surface area contributed by atoms with E-state index in [1.165, 1.54) is 25.4 Å². The van der Waals surface area contributed by atoms with E-state index in [2.05, 4.69) is 0 Å². The van der Waals surface area contributed by atoms with Gasteiger partial charge in [0.05, 0.1) is 0 Å². The third-order valence-corrected chi connectivity index (χ3v) is 8.17. The topological polar surface area (TPSA) is 88.8 Å². The molecule has 0 aliphatic rings. The summed E-state index contributed by atoms with van der Waals surface area (Å²) in [5, 5.41) is 20.0. The molecule has 2 aromatic carbocycles. The Morgan fingerprint density at radius 1 is 1.22 bits per heavy atom. The Morgan fingerprint density at radius 2 is 1.94 bits per heavy atom. The van der Waals surface area contributed by atoms with Crippen molar-refractivity contribution in [2.45, 2.75) is 25.1 Å². The standard InChI is InChI=1S/C23H24AsF2NO5/c1-12(2)20(11-28)27-10-16(23(30)31)22(29)15-7-17(21(32-3)8-19(15)27)24-9-13-4-5-14(25)6-18(13)26/h4-8,10,12,20,24,28H,9,11H2,1-3H3,(H,30,31). The molecule has 0 radical (unpaired) electrons. The molecule has 170 valence electrons. The molecule has 9 heteroatoms. The second-order valence-corrected chi connectivity index (χ2v) is 10.4. The number of hydrogen-bond donors (Lipinski definition) is 2. The van der Waals surface area contributed by atoms with Gasteiger partial charge in [0.1, 0.15) is 0 Å². The molecule has 6 nitrogen and oxygen atoms in total. The molecule has 0 saturated carbocycles. The Hall–Kier alpha value is -2.70. The van der Waals surface area contributed by atoms with E-state index < -0.39 is 50.4 Å². The average Bonchev–Trinajstić information content (AvgIpc) is 2.74. The first-order valence-corrected chi connectivity index (χ1v) is 12.5. The summed E-state index contributed by atoms with van der Waals surface area (Å²) in [6, 6.07) is 6.24. The maximum atomic E-state index is 14.1. The number of carbonyl (C=O) groups is 1. The third kappa shape index (κ3) is 4.71. The molecule has 2 N–H and O–H groups in total. The molecule has 0 bridgehead atoms. The summed E-state index contributed by atoms with van der Waals surface area (Å²) < 4.78 is 35.1. The SMILES string of the molecule is COc1cc2c(cc1[AsH]Cc1ccc(F)cc1F)c(=O)c(C(=O)O)cn2C(CO)C(C)C. The van der Waals surface area contributed by atoms with Crippen molar-refractivity contribution in [3.05, 3.63) is 69.5 Å². The van der Waals surface area contributed by atoms with Gasteiger partial charge in [-0.2, -0.15) is 0 Å². The molecule has 2 atom stereocenters. The van der Waals surface area contributed by atoms with Crippen molar-refractivity contribution >= 4 is 37.0 Å². The van der Waals surface area contributed by atoms with E-state index in [1.54, 1.807) is 16.7 Å². The molecule has 2 unspecified atom stereocenters. The molecule has 0 spiro atoms. The van der Waals surface area contributed by atoms with Crippen molar-refractivity contribution in [2.75, 3.05) is 13.7 Å². The van der Waals surface area contributed by atoms with Crippen LogP contribution in [0.2, 0.25) is 0 Å². The molecule has 1 heterocycles. The van der Waals surface area contributed by atoms with Crippen molar-refractivity contribution in [3.8, 4) is 5.75 Å². The van der Waals surface area contributed by atoms with Gasteiger partial charge in [-0.3, -0.25) is 0 Å². The fourth-order valence-corrected chi connectivity index (χ4v) is 6.23. The Morgan fingerprint density at radius 3 is 2.50 bits per heavy atom. The first-order chi connectivity index (χ1) is 15.2. The number of ether oxygens (including phenoxy) is 1. The Labute approximate surface area is 190 Å². The minimum atomic E-state index is -1.35. The number of carboxylic acids is 1. The number of benzene rings is 2. The number of rotatable bonds is 8. The number of aliphatic hydroxyl groups excluding tert-OH is 1. The summed E-state index contributed by atoms with van der Waals surface area (Å²) in [4.78, 5) is 24.7. The monoisotopic (exact) mass is 507 g/mol. The molecule has 0 aliphatic heterocycles. The fourth-order valence-electron chi connectivity index (χ4n) is 3.59. The number of hydrogen-bond acceptors (Lipinski definition) is 4. The van der Waals surface area contributed by atoms with Crippen molar-refractivity contribution in [1.29, 1.82) is 0 Å². The zero-order valence-corrected chi connectivity index (χ0v) is 20.0. The molecule has 1 aromatic heterocycles. The minimum absolute atomic E-state index is 0.0343. The zero-order chi connectivity index (χ0) is 23.6. The van der Waals surface area contributed by atoms with Crippen LogP contribution in [-0.4, -0.2) is 50.2 Å². The quantitative estimate of drug-likeness (QED) is 0.458. The van der Waals surface area contributed by atoms with Crippen LogP contribution in [0.4, 0.5) is 8.78 Å². The Balaban J connectivity index is 2.18. The van der Waals surface area contributed by atoms with Gasteiger partial charge in [0.15, 0.2) is 0 Å². The van der Waals surface area contributed by atoms with E-state index in [0.717, 1.165) is 6.07 Å². The number of aromatic carboxylic acids is 1. The van der Waals surface area contributed by atoms with Crippen molar-refractivity contribution in [2.24, 2.45) is 5.92 Å². The van der Waals surface area contributed by atoms with Gasteiger partial charge < -0.3 is 0 Å². The van der Waals surface area contributed by atoms with Crippen LogP contribution in [0.25, 0.3) is 10.9 Å². The number of aromatic nitrogens is 1. The second kappa shape index (κ2) is 9.84. The fraction of sp³-hybridized carbons (Fsp3) is 0.304. The van der Waals surface area contributed by atoms with Crippen molar-refractivity contribution in [1.82, 2.24) is 4.57 Å². The molecular formula is C23H24AsF2NO5. The van der Waals surface area contributed by atoms with Gasteiger partial charge >= 0.3 is 190 Å². The van der Waals surface area contributed by atoms with Crippen LogP contribution in [0, 0.1) is 17.6 Å². The number of pyridine rings is 1. The average molecular weight is 507 g/mol. The van der Waals surface area contributed by atoms with Crippen LogP contribution in [-0.2, 0) is 5.21 Å². The van der Waals surface area contributed by atoms with Gasteiger partial charge in [0.25, 0.3) is 0 Å². The molecule has 32 heavy (non-hydrogen) atoms. The molecule has 0 saturated heterocycles. The Bertz CT molecular complexity index is 1230. The van der Waals surface area contributed by atoms with Gasteiger partial charge in [0.2, 0.25) is 0 Å². The van der Waals surface area contributed by atoms with Crippen LogP contribution in [0.15, 0.2) is 41.3 Å². The number of nitrogens with zero attached hydrogens (tertiary/aromatic N) is 1. The van der Waals surface area contributed by atoms with Crippen LogP contribution in [0.5, 0.6) is 5.75 Å². The predicted molar refractivity (Wildman–Crippen MR) is 120 cm³/mol. The first kappa shape index (κ1) is 24.0. The Kier molecular flexibility index (Phi) is 7.36. The predicted octanol–water partition coefficient (Wildman–Crippen LogP) is 2.44. The number of carboxylic acid groups (broad SMARTS) is 1. The van der Waals surface area contributed by atoms with E-state index in [4.69, 9.17) is 4.74 Å². The van der Waals surface area contributed by atoms with Gasteiger partial charge in [-0.25, -0.2) is 0 Å². The van der Waals surface area contributed by atoms with Gasteiger partial charge in [-0.15, -0.1) is 0 Å². The second-order valence-electron chi connectivity index (χ2n) is 7.74. The van der Waals surface area contributed by atoms with Crippen LogP contribution >= 0.6 is 0 Å². The summed E-state index contributed by atoms with van der Waals surface area (Å²) in [6.07, 6.45) is 1.26. The van der Waals surface area contributed by atoms with Crippen LogP contribution < -0.4 is 14.5 Å². The zero-order valence-electron chi connectivity index (χ0n) is 17.9. The number of fused-ring (bicyclic) bond motifs is 1. The van der Waals surface area contributed by atoms with E-state index in [1.807, 2.05) is 13.8 Å². The molecular weight excluding hydrogens is 483 g/mol. The summed E-state index contributed by atoms with van der Waals surface area (Å²) in [5.74, 6) is -2.18. The summed E-state index contributed by atoms with van der Waals surface area (Å²) >= 11 is -1.06. The summed E-state index contributed by atoms with van der Waals surface area (Å²) in [5.41, 5.74) is -0.205.